The van der Waals surface area contributed by atoms with Crippen LogP contribution >= 0.6 is 0 Å². The molecule has 0 saturated carbocycles. The average Bonchev–Trinajstić information content (AvgIpc) is 3.23. The molecule has 4 rings (SSSR count). The van der Waals surface area contributed by atoms with E-state index < -0.39 is 0 Å². The summed E-state index contributed by atoms with van der Waals surface area (Å²) in [7, 11) is 0. The second-order valence-corrected chi connectivity index (χ2v) is 7.39. The molecule has 5 nitrogen and oxygen atoms in total. The molecule has 2 saturated heterocycles. The maximum atomic E-state index is 12.9. The summed E-state index contributed by atoms with van der Waals surface area (Å²) < 4.78 is 5.95. The SMILES string of the molecule is CC(C)Oc1ccccc1N1CC[C@@H]2[C@H]1C(=O)CN2C(=O)c1ccccc1. The van der Waals surface area contributed by atoms with E-state index in [0.29, 0.717) is 5.56 Å². The van der Waals surface area contributed by atoms with Gasteiger partial charge in [0.2, 0.25) is 0 Å². The molecule has 5 heteroatoms. The maximum absolute atomic E-state index is 12.9. The van der Waals surface area contributed by atoms with E-state index in [-0.39, 0.29) is 36.4 Å². The summed E-state index contributed by atoms with van der Waals surface area (Å²) in [5.41, 5.74) is 1.56. The molecule has 0 bridgehead atoms. The fourth-order valence-electron chi connectivity index (χ4n) is 4.16. The molecule has 2 aromatic carbocycles. The van der Waals surface area contributed by atoms with E-state index in [0.717, 1.165) is 24.4 Å². The molecule has 2 aliphatic heterocycles. The summed E-state index contributed by atoms with van der Waals surface area (Å²) in [4.78, 5) is 29.6. The number of carbonyl (C=O) groups is 2. The highest BCUT2D eigenvalue weighted by molar-refractivity contribution is 6.02. The first-order valence-corrected chi connectivity index (χ1v) is 9.47. The number of fused-ring (bicyclic) bond motifs is 1. The van der Waals surface area contributed by atoms with E-state index in [4.69, 9.17) is 4.74 Å². The van der Waals surface area contributed by atoms with Crippen LogP contribution in [0.3, 0.4) is 0 Å². The van der Waals surface area contributed by atoms with Crippen LogP contribution in [0.15, 0.2) is 54.6 Å². The van der Waals surface area contributed by atoms with Gasteiger partial charge in [0.15, 0.2) is 5.78 Å². The number of para-hydroxylation sites is 2. The van der Waals surface area contributed by atoms with Gasteiger partial charge in [-0.2, -0.15) is 0 Å². The number of anilines is 1. The molecule has 0 unspecified atom stereocenters. The smallest absolute Gasteiger partial charge is 0.254 e. The number of rotatable bonds is 4. The molecule has 0 aliphatic carbocycles. The van der Waals surface area contributed by atoms with Crippen molar-refractivity contribution in [2.45, 2.75) is 38.5 Å². The van der Waals surface area contributed by atoms with Crippen LogP contribution in [0.4, 0.5) is 5.69 Å². The fraction of sp³-hybridized carbons (Fsp3) is 0.364. The van der Waals surface area contributed by atoms with Gasteiger partial charge in [0.05, 0.1) is 24.4 Å². The van der Waals surface area contributed by atoms with Gasteiger partial charge in [0, 0.05) is 12.1 Å². The van der Waals surface area contributed by atoms with Gasteiger partial charge in [0.25, 0.3) is 5.91 Å². The van der Waals surface area contributed by atoms with Crippen LogP contribution in [-0.2, 0) is 4.79 Å². The summed E-state index contributed by atoms with van der Waals surface area (Å²) in [6.45, 7) is 4.89. The standard InChI is InChI=1S/C22H24N2O3/c1-15(2)27-20-11-7-6-10-17(20)23-13-12-18-21(23)19(25)14-24(18)22(26)16-8-4-3-5-9-16/h3-11,15,18,21H,12-14H2,1-2H3/t18-,21+/m1/s1. The van der Waals surface area contributed by atoms with Crippen molar-refractivity contribution in [1.82, 2.24) is 4.90 Å². The van der Waals surface area contributed by atoms with Crippen molar-refractivity contribution in [3.8, 4) is 5.75 Å². The molecule has 0 aromatic heterocycles. The van der Waals surface area contributed by atoms with Gasteiger partial charge in [-0.1, -0.05) is 30.3 Å². The van der Waals surface area contributed by atoms with E-state index in [1.54, 1.807) is 17.0 Å². The largest absolute Gasteiger partial charge is 0.489 e. The Balaban J connectivity index is 1.61. The van der Waals surface area contributed by atoms with E-state index >= 15 is 0 Å². The normalized spacial score (nSPS) is 21.7. The molecule has 2 aromatic rings. The number of hydrogen-bond donors (Lipinski definition) is 0. The van der Waals surface area contributed by atoms with Crippen LogP contribution in [-0.4, -0.2) is 47.9 Å². The Bertz CT molecular complexity index is 850. The Morgan fingerprint density at radius 2 is 1.78 bits per heavy atom. The van der Waals surface area contributed by atoms with Crippen molar-refractivity contribution < 1.29 is 14.3 Å². The van der Waals surface area contributed by atoms with Crippen LogP contribution in [0.1, 0.15) is 30.6 Å². The van der Waals surface area contributed by atoms with Crippen molar-refractivity contribution in [3.63, 3.8) is 0 Å². The quantitative estimate of drug-likeness (QED) is 0.836. The van der Waals surface area contributed by atoms with E-state index in [1.807, 2.05) is 56.3 Å². The van der Waals surface area contributed by atoms with Crippen molar-refractivity contribution in [3.05, 3.63) is 60.2 Å². The molecule has 140 valence electrons. The van der Waals surface area contributed by atoms with Crippen molar-refractivity contribution in [2.24, 2.45) is 0 Å². The predicted molar refractivity (Wildman–Crippen MR) is 104 cm³/mol. The minimum Gasteiger partial charge on any atom is -0.489 e. The van der Waals surface area contributed by atoms with Crippen molar-refractivity contribution in [1.29, 1.82) is 0 Å². The number of nitrogens with zero attached hydrogens (tertiary/aromatic N) is 2. The van der Waals surface area contributed by atoms with Crippen LogP contribution < -0.4 is 9.64 Å². The number of benzene rings is 2. The first-order valence-electron chi connectivity index (χ1n) is 9.47. The minimum atomic E-state index is -0.297. The number of hydrogen-bond acceptors (Lipinski definition) is 4. The van der Waals surface area contributed by atoms with Crippen LogP contribution in [0.25, 0.3) is 0 Å². The van der Waals surface area contributed by atoms with Gasteiger partial charge in [-0.15, -0.1) is 0 Å². The fourth-order valence-corrected chi connectivity index (χ4v) is 4.16. The molecule has 2 aliphatic rings. The van der Waals surface area contributed by atoms with Crippen molar-refractivity contribution in [2.75, 3.05) is 18.0 Å². The first-order chi connectivity index (χ1) is 13.1. The van der Waals surface area contributed by atoms with E-state index in [2.05, 4.69) is 4.90 Å². The summed E-state index contributed by atoms with van der Waals surface area (Å²) >= 11 is 0. The van der Waals surface area contributed by atoms with Gasteiger partial charge >= 0.3 is 0 Å². The second-order valence-electron chi connectivity index (χ2n) is 7.39. The van der Waals surface area contributed by atoms with Crippen LogP contribution in [0, 0.1) is 0 Å². The number of Topliss-reactive ketones (excluding diaryl/α,β-unsaturated/α-hetero) is 1. The topological polar surface area (TPSA) is 49.9 Å². The molecular formula is C22H24N2O3. The Morgan fingerprint density at radius 1 is 1.07 bits per heavy atom. The second kappa shape index (κ2) is 7.06. The highest BCUT2D eigenvalue weighted by atomic mass is 16.5. The molecule has 0 radical (unpaired) electrons. The van der Waals surface area contributed by atoms with Gasteiger partial charge in [-0.3, -0.25) is 9.59 Å². The summed E-state index contributed by atoms with van der Waals surface area (Å²) in [5.74, 6) is 0.819. The van der Waals surface area contributed by atoms with Crippen LogP contribution in [0.2, 0.25) is 0 Å². The lowest BCUT2D eigenvalue weighted by molar-refractivity contribution is -0.117. The minimum absolute atomic E-state index is 0.0555. The molecule has 2 fully saturated rings. The van der Waals surface area contributed by atoms with Crippen LogP contribution in [0.5, 0.6) is 5.75 Å². The molecule has 0 N–H and O–H groups in total. The zero-order valence-electron chi connectivity index (χ0n) is 15.7. The first kappa shape index (κ1) is 17.6. The van der Waals surface area contributed by atoms with E-state index in [9.17, 15) is 9.59 Å². The third-order valence-corrected chi connectivity index (χ3v) is 5.24. The predicted octanol–water partition coefficient (Wildman–Crippen LogP) is 3.15. The average molecular weight is 364 g/mol. The number of ketones is 1. The third-order valence-electron chi connectivity index (χ3n) is 5.24. The number of ether oxygens (including phenoxy) is 1. The van der Waals surface area contributed by atoms with Gasteiger partial charge < -0.3 is 14.5 Å². The van der Waals surface area contributed by atoms with Gasteiger partial charge in [-0.05, 0) is 44.5 Å². The summed E-state index contributed by atoms with van der Waals surface area (Å²) in [5, 5.41) is 0. The maximum Gasteiger partial charge on any atom is 0.254 e. The Labute approximate surface area is 159 Å². The molecule has 1 amide bonds. The lowest BCUT2D eigenvalue weighted by Gasteiger charge is -2.28. The lowest BCUT2D eigenvalue weighted by Crippen LogP contribution is -2.41. The Kier molecular flexibility index (Phi) is 4.60. The monoisotopic (exact) mass is 364 g/mol. The van der Waals surface area contributed by atoms with Gasteiger partial charge in [0.1, 0.15) is 11.8 Å². The van der Waals surface area contributed by atoms with Gasteiger partial charge in [-0.25, -0.2) is 0 Å². The zero-order chi connectivity index (χ0) is 19.0. The molecule has 27 heavy (non-hydrogen) atoms. The number of likely N-dealkylation sites (tertiary alicyclic amines) is 1. The summed E-state index contributed by atoms with van der Waals surface area (Å²) in [6.07, 6.45) is 0.838. The summed E-state index contributed by atoms with van der Waals surface area (Å²) in [6, 6.07) is 16.6. The highest BCUT2D eigenvalue weighted by Gasteiger charge is 2.50. The van der Waals surface area contributed by atoms with Crippen molar-refractivity contribution >= 4 is 17.4 Å². The Hall–Kier alpha value is -2.82. The number of amides is 1. The molecule has 2 atom stereocenters. The molecular weight excluding hydrogens is 340 g/mol. The molecule has 2 heterocycles. The highest BCUT2D eigenvalue weighted by Crippen LogP contribution is 2.38. The lowest BCUT2D eigenvalue weighted by atomic mass is 10.1. The zero-order valence-corrected chi connectivity index (χ0v) is 15.7. The van der Waals surface area contributed by atoms with E-state index in [1.165, 1.54) is 0 Å². The number of carbonyl (C=O) groups excluding carboxylic acids is 2. The third kappa shape index (κ3) is 3.18. The Morgan fingerprint density at radius 3 is 2.52 bits per heavy atom. The molecule has 0 spiro atoms.